The second kappa shape index (κ2) is 6.84. The third kappa shape index (κ3) is 3.28. The molecule has 0 aliphatic carbocycles. The predicted molar refractivity (Wildman–Crippen MR) is 101 cm³/mol. The standard InChI is InChI=1S/C18H15N5O3S/c1-11-7-8-15-19-12(2)16(22(15)9-11)17-20-21-18(26-17)27-10-13-5-3-4-6-14(13)23(24)25/h3-9H,10H2,1-2H3. The van der Waals surface area contributed by atoms with Gasteiger partial charge in [-0.15, -0.1) is 10.2 Å². The molecule has 8 nitrogen and oxygen atoms in total. The van der Waals surface area contributed by atoms with E-state index in [1.54, 1.807) is 18.2 Å². The van der Waals surface area contributed by atoms with Crippen molar-refractivity contribution in [2.45, 2.75) is 24.8 Å². The highest BCUT2D eigenvalue weighted by molar-refractivity contribution is 7.98. The quantitative estimate of drug-likeness (QED) is 0.290. The molecule has 4 rings (SSSR count). The summed E-state index contributed by atoms with van der Waals surface area (Å²) in [5.74, 6) is 0.736. The number of aromatic nitrogens is 4. The molecule has 0 spiro atoms. The number of hydrogen-bond donors (Lipinski definition) is 0. The molecule has 0 aliphatic heterocycles. The molecule has 3 aromatic heterocycles. The van der Waals surface area contributed by atoms with E-state index in [0.717, 1.165) is 22.6 Å². The largest absolute Gasteiger partial charge is 0.410 e. The summed E-state index contributed by atoms with van der Waals surface area (Å²) in [5, 5.41) is 19.7. The van der Waals surface area contributed by atoms with Crippen LogP contribution in [0.15, 0.2) is 52.2 Å². The molecule has 3 heterocycles. The second-order valence-electron chi connectivity index (χ2n) is 6.03. The van der Waals surface area contributed by atoms with Crippen molar-refractivity contribution >= 4 is 23.1 Å². The van der Waals surface area contributed by atoms with E-state index in [1.165, 1.54) is 17.8 Å². The van der Waals surface area contributed by atoms with E-state index >= 15 is 0 Å². The van der Waals surface area contributed by atoms with E-state index in [-0.39, 0.29) is 10.6 Å². The van der Waals surface area contributed by atoms with Crippen LogP contribution in [0.3, 0.4) is 0 Å². The Kier molecular flexibility index (Phi) is 4.36. The van der Waals surface area contributed by atoms with Gasteiger partial charge in [-0.3, -0.25) is 14.5 Å². The highest BCUT2D eigenvalue weighted by Gasteiger charge is 2.19. The first-order valence-corrected chi connectivity index (χ1v) is 9.16. The van der Waals surface area contributed by atoms with E-state index in [9.17, 15) is 10.1 Å². The molecule has 4 aromatic rings. The van der Waals surface area contributed by atoms with Crippen molar-refractivity contribution < 1.29 is 9.34 Å². The summed E-state index contributed by atoms with van der Waals surface area (Å²) in [5.41, 5.74) is 4.12. The molecule has 0 atom stereocenters. The Morgan fingerprint density at radius 1 is 1.19 bits per heavy atom. The molecule has 9 heteroatoms. The molecule has 0 radical (unpaired) electrons. The second-order valence-corrected chi connectivity index (χ2v) is 6.95. The lowest BCUT2D eigenvalue weighted by atomic mass is 10.2. The molecule has 27 heavy (non-hydrogen) atoms. The number of nitrogens with zero attached hydrogens (tertiary/aromatic N) is 5. The van der Waals surface area contributed by atoms with Gasteiger partial charge in [-0.25, -0.2) is 4.98 Å². The molecule has 0 N–H and O–H groups in total. The molecule has 0 fully saturated rings. The molecular weight excluding hydrogens is 366 g/mol. The SMILES string of the molecule is Cc1ccc2nc(C)c(-c3nnc(SCc4ccccc4[N+](=O)[O-])o3)n2c1. The molecule has 0 aliphatic rings. The fraction of sp³-hybridized carbons (Fsp3) is 0.167. The molecule has 1 aromatic carbocycles. The minimum absolute atomic E-state index is 0.0813. The van der Waals surface area contributed by atoms with Crippen LogP contribution in [0.2, 0.25) is 0 Å². The zero-order valence-electron chi connectivity index (χ0n) is 14.6. The molecule has 0 amide bonds. The van der Waals surface area contributed by atoms with Gasteiger partial charge in [0, 0.05) is 23.6 Å². The highest BCUT2D eigenvalue weighted by Crippen LogP contribution is 2.30. The van der Waals surface area contributed by atoms with Crippen molar-refractivity contribution in [3.05, 3.63) is 69.5 Å². The van der Waals surface area contributed by atoms with Gasteiger partial charge in [0.25, 0.3) is 16.8 Å². The van der Waals surface area contributed by atoms with Crippen molar-refractivity contribution in [2.24, 2.45) is 0 Å². The third-order valence-electron chi connectivity index (χ3n) is 4.09. The lowest BCUT2D eigenvalue weighted by molar-refractivity contribution is -0.385. The summed E-state index contributed by atoms with van der Waals surface area (Å²) in [6, 6.07) is 10.6. The van der Waals surface area contributed by atoms with E-state index in [0.29, 0.717) is 22.4 Å². The Morgan fingerprint density at radius 2 is 2.00 bits per heavy atom. The maximum Gasteiger partial charge on any atom is 0.277 e. The van der Waals surface area contributed by atoms with Crippen LogP contribution in [0.5, 0.6) is 0 Å². The summed E-state index contributed by atoms with van der Waals surface area (Å²) >= 11 is 1.26. The highest BCUT2D eigenvalue weighted by atomic mass is 32.2. The maximum atomic E-state index is 11.1. The first-order chi connectivity index (χ1) is 13.0. The Bertz CT molecular complexity index is 1150. The summed E-state index contributed by atoms with van der Waals surface area (Å²) in [7, 11) is 0. The number of aryl methyl sites for hydroxylation is 2. The van der Waals surface area contributed by atoms with E-state index in [2.05, 4.69) is 15.2 Å². The van der Waals surface area contributed by atoms with Crippen molar-refractivity contribution in [3.8, 4) is 11.6 Å². The lowest BCUT2D eigenvalue weighted by Gasteiger charge is -2.00. The first-order valence-electron chi connectivity index (χ1n) is 8.17. The summed E-state index contributed by atoms with van der Waals surface area (Å²) in [4.78, 5) is 15.2. The summed E-state index contributed by atoms with van der Waals surface area (Å²) < 4.78 is 7.71. The van der Waals surface area contributed by atoms with Crippen molar-refractivity contribution in [3.63, 3.8) is 0 Å². The van der Waals surface area contributed by atoms with Crippen LogP contribution in [0.1, 0.15) is 16.8 Å². The smallest absolute Gasteiger partial charge is 0.277 e. The maximum absolute atomic E-state index is 11.1. The number of thioether (sulfide) groups is 1. The van der Waals surface area contributed by atoms with E-state index in [4.69, 9.17) is 4.42 Å². The van der Waals surface area contributed by atoms with Crippen LogP contribution >= 0.6 is 11.8 Å². The molecular formula is C18H15N5O3S. The van der Waals surface area contributed by atoms with Crippen molar-refractivity contribution in [1.82, 2.24) is 19.6 Å². The number of benzene rings is 1. The normalized spacial score (nSPS) is 11.2. The number of nitro groups is 1. The molecule has 0 bridgehead atoms. The Morgan fingerprint density at radius 3 is 2.81 bits per heavy atom. The van der Waals surface area contributed by atoms with Gasteiger partial charge in [0.15, 0.2) is 0 Å². The lowest BCUT2D eigenvalue weighted by Crippen LogP contribution is -1.93. The topological polar surface area (TPSA) is 99.4 Å². The van der Waals surface area contributed by atoms with Gasteiger partial charge in [0.05, 0.1) is 10.6 Å². The van der Waals surface area contributed by atoms with Crippen LogP contribution in [-0.4, -0.2) is 24.5 Å². The minimum atomic E-state index is -0.390. The van der Waals surface area contributed by atoms with E-state index < -0.39 is 0 Å². The van der Waals surface area contributed by atoms with Gasteiger partial charge in [-0.05, 0) is 25.5 Å². The fourth-order valence-corrected chi connectivity index (χ4v) is 3.60. The van der Waals surface area contributed by atoms with E-state index in [1.807, 2.05) is 36.6 Å². The number of para-hydroxylation sites is 1. The average Bonchev–Trinajstić information content (AvgIpc) is 3.23. The average molecular weight is 381 g/mol. The first kappa shape index (κ1) is 17.2. The number of imidazole rings is 1. The molecule has 0 saturated carbocycles. The molecule has 136 valence electrons. The fourth-order valence-electron chi connectivity index (χ4n) is 2.84. The van der Waals surface area contributed by atoms with Gasteiger partial charge in [-0.1, -0.05) is 36.0 Å². The number of hydrogen-bond acceptors (Lipinski definition) is 7. The monoisotopic (exact) mass is 381 g/mol. The van der Waals surface area contributed by atoms with Gasteiger partial charge < -0.3 is 4.42 Å². The minimum Gasteiger partial charge on any atom is -0.410 e. The number of pyridine rings is 1. The van der Waals surface area contributed by atoms with Crippen molar-refractivity contribution in [1.29, 1.82) is 0 Å². The van der Waals surface area contributed by atoms with Crippen LogP contribution in [0.4, 0.5) is 5.69 Å². The zero-order valence-corrected chi connectivity index (χ0v) is 15.4. The molecule has 0 saturated heterocycles. The Balaban J connectivity index is 1.61. The van der Waals surface area contributed by atoms with Crippen LogP contribution in [0.25, 0.3) is 17.2 Å². The summed E-state index contributed by atoms with van der Waals surface area (Å²) in [6.07, 6.45) is 1.97. The third-order valence-corrected chi connectivity index (χ3v) is 4.96. The predicted octanol–water partition coefficient (Wildman–Crippen LogP) is 4.20. The Hall–Kier alpha value is -3.20. The van der Waals surface area contributed by atoms with Crippen LogP contribution in [-0.2, 0) is 5.75 Å². The van der Waals surface area contributed by atoms with Gasteiger partial charge in [0.2, 0.25) is 0 Å². The van der Waals surface area contributed by atoms with Crippen LogP contribution in [0, 0.1) is 24.0 Å². The van der Waals surface area contributed by atoms with Gasteiger partial charge in [0.1, 0.15) is 11.3 Å². The Labute approximate surface area is 158 Å². The zero-order chi connectivity index (χ0) is 19.0. The van der Waals surface area contributed by atoms with Gasteiger partial charge in [-0.2, -0.15) is 0 Å². The number of fused-ring (bicyclic) bond motifs is 1. The number of nitro benzene ring substituents is 1. The van der Waals surface area contributed by atoms with Gasteiger partial charge >= 0.3 is 0 Å². The van der Waals surface area contributed by atoms with Crippen molar-refractivity contribution in [2.75, 3.05) is 0 Å². The number of rotatable bonds is 5. The molecule has 0 unspecified atom stereocenters. The summed E-state index contributed by atoms with van der Waals surface area (Å²) in [6.45, 7) is 3.89. The van der Waals surface area contributed by atoms with Crippen LogP contribution < -0.4 is 0 Å².